The van der Waals surface area contributed by atoms with Gasteiger partial charge in [0.1, 0.15) is 22.3 Å². The SMILES string of the molecule is CC(n1nc(Br)c(C#N)c1NOF)C(F)(F)F. The second kappa shape index (κ2) is 4.89. The first-order valence-corrected chi connectivity index (χ1v) is 4.90. The van der Waals surface area contributed by atoms with Crippen LogP contribution in [0.4, 0.5) is 23.5 Å². The van der Waals surface area contributed by atoms with Crippen LogP contribution in [0.25, 0.3) is 0 Å². The lowest BCUT2D eigenvalue weighted by Crippen LogP contribution is -2.25. The van der Waals surface area contributed by atoms with E-state index in [2.05, 4.69) is 26.1 Å². The van der Waals surface area contributed by atoms with Crippen LogP contribution in [0, 0.1) is 11.3 Å². The summed E-state index contributed by atoms with van der Waals surface area (Å²) in [6, 6.07) is -0.474. The molecule has 0 radical (unpaired) electrons. The summed E-state index contributed by atoms with van der Waals surface area (Å²) in [5, 5.41) is 15.2. The Labute approximate surface area is 101 Å². The highest BCUT2D eigenvalue weighted by molar-refractivity contribution is 9.10. The largest absolute Gasteiger partial charge is 0.410 e. The molecule has 1 atom stereocenters. The summed E-state index contributed by atoms with van der Waals surface area (Å²) in [5.74, 6) is -0.522. The van der Waals surface area contributed by atoms with Crippen LogP contribution in [0.15, 0.2) is 4.60 Å². The van der Waals surface area contributed by atoms with Crippen molar-refractivity contribution in [2.75, 3.05) is 5.48 Å². The van der Waals surface area contributed by atoms with Crippen LogP contribution in [-0.2, 0) is 5.04 Å². The van der Waals surface area contributed by atoms with E-state index in [9.17, 15) is 17.7 Å². The number of nitrogens with one attached hydrogen (secondary N) is 1. The van der Waals surface area contributed by atoms with Gasteiger partial charge in [-0.1, -0.05) is 5.04 Å². The van der Waals surface area contributed by atoms with E-state index in [1.54, 1.807) is 11.5 Å². The van der Waals surface area contributed by atoms with Crippen LogP contribution in [0.3, 0.4) is 0 Å². The van der Waals surface area contributed by atoms with Gasteiger partial charge in [0.05, 0.1) is 0 Å². The fraction of sp³-hybridized carbons (Fsp3) is 0.429. The van der Waals surface area contributed by atoms with Gasteiger partial charge in [-0.2, -0.15) is 23.5 Å². The Hall–Kier alpha value is -1.34. The van der Waals surface area contributed by atoms with Crippen molar-refractivity contribution < 1.29 is 22.7 Å². The standard InChI is InChI=1S/C7H5BrF4N4O/c1-3(7(9,10)11)16-6(15-17-12)4(2-13)5(8)14-16/h3,15H,1H3. The molecule has 0 saturated carbocycles. The van der Waals surface area contributed by atoms with Crippen LogP contribution in [0.1, 0.15) is 18.5 Å². The maximum absolute atomic E-state index is 12.5. The number of nitriles is 1. The van der Waals surface area contributed by atoms with E-state index < -0.39 is 18.0 Å². The monoisotopic (exact) mass is 316 g/mol. The first-order chi connectivity index (χ1) is 7.82. The Kier molecular flexibility index (Phi) is 3.94. The highest BCUT2D eigenvalue weighted by Gasteiger charge is 2.40. The third-order valence-corrected chi connectivity index (χ3v) is 2.51. The molecule has 10 heteroatoms. The zero-order valence-electron chi connectivity index (χ0n) is 8.22. The molecule has 0 amide bonds. The molecule has 0 aliphatic heterocycles. The predicted octanol–water partition coefficient (Wildman–Crippen LogP) is 2.87. The summed E-state index contributed by atoms with van der Waals surface area (Å²) in [4.78, 5) is 0. The fourth-order valence-corrected chi connectivity index (χ4v) is 1.51. The van der Waals surface area contributed by atoms with Crippen molar-refractivity contribution in [1.82, 2.24) is 9.78 Å². The lowest BCUT2D eigenvalue weighted by Gasteiger charge is -2.17. The van der Waals surface area contributed by atoms with E-state index in [1.165, 1.54) is 0 Å². The van der Waals surface area contributed by atoms with E-state index in [0.717, 1.165) is 6.92 Å². The van der Waals surface area contributed by atoms with Gasteiger partial charge in [-0.15, -0.1) is 0 Å². The highest BCUT2D eigenvalue weighted by atomic mass is 79.9. The molecule has 0 saturated heterocycles. The molecule has 1 heterocycles. The molecule has 94 valence electrons. The molecule has 17 heavy (non-hydrogen) atoms. The fourth-order valence-electron chi connectivity index (χ4n) is 1.06. The Morgan fingerprint density at radius 2 is 2.18 bits per heavy atom. The van der Waals surface area contributed by atoms with Gasteiger partial charge in [0, 0.05) is 0 Å². The normalized spacial score (nSPS) is 13.2. The molecule has 1 aromatic heterocycles. The zero-order valence-corrected chi connectivity index (χ0v) is 9.80. The number of rotatable bonds is 3. The van der Waals surface area contributed by atoms with E-state index in [-0.39, 0.29) is 10.2 Å². The van der Waals surface area contributed by atoms with Gasteiger partial charge in [0.15, 0.2) is 5.82 Å². The summed E-state index contributed by atoms with van der Waals surface area (Å²) in [6.07, 6.45) is -4.59. The van der Waals surface area contributed by atoms with Crippen molar-refractivity contribution >= 4 is 21.7 Å². The molecule has 1 aromatic rings. The highest BCUT2D eigenvalue weighted by Crippen LogP contribution is 2.35. The number of halogens is 5. The molecule has 1 N–H and O–H groups in total. The molecule has 0 aromatic carbocycles. The summed E-state index contributed by atoms with van der Waals surface area (Å²) in [5.41, 5.74) is 1.26. The van der Waals surface area contributed by atoms with Gasteiger partial charge in [-0.05, 0) is 27.4 Å². The number of anilines is 1. The van der Waals surface area contributed by atoms with Gasteiger partial charge in [-0.3, -0.25) is 0 Å². The molecule has 1 rings (SSSR count). The van der Waals surface area contributed by atoms with Gasteiger partial charge in [-0.25, -0.2) is 10.2 Å². The van der Waals surface area contributed by atoms with Crippen molar-refractivity contribution in [2.45, 2.75) is 19.1 Å². The summed E-state index contributed by atoms with van der Waals surface area (Å²) < 4.78 is 49.4. The molecule has 1 unspecified atom stereocenters. The minimum absolute atomic E-state index is 0.143. The van der Waals surface area contributed by atoms with Crippen LogP contribution >= 0.6 is 15.9 Å². The average Bonchev–Trinajstić information content (AvgIpc) is 2.53. The van der Waals surface area contributed by atoms with Crippen LogP contribution in [0.5, 0.6) is 0 Å². The van der Waals surface area contributed by atoms with Crippen molar-refractivity contribution in [2.24, 2.45) is 0 Å². The van der Waals surface area contributed by atoms with E-state index in [1.807, 2.05) is 0 Å². The van der Waals surface area contributed by atoms with Gasteiger partial charge >= 0.3 is 6.18 Å². The molecular weight excluding hydrogens is 312 g/mol. The Morgan fingerprint density at radius 3 is 2.59 bits per heavy atom. The van der Waals surface area contributed by atoms with Gasteiger partial charge in [0.25, 0.3) is 0 Å². The lowest BCUT2D eigenvalue weighted by molar-refractivity contribution is -0.165. The Balaban J connectivity index is 3.30. The second-order valence-electron chi connectivity index (χ2n) is 2.97. The molecule has 5 nitrogen and oxygen atoms in total. The molecule has 0 fully saturated rings. The maximum Gasteiger partial charge on any atom is 0.410 e. The second-order valence-corrected chi connectivity index (χ2v) is 3.72. The first-order valence-electron chi connectivity index (χ1n) is 4.11. The van der Waals surface area contributed by atoms with Crippen molar-refractivity contribution in [3.8, 4) is 6.07 Å². The number of alkyl halides is 3. The number of nitrogens with zero attached hydrogens (tertiary/aromatic N) is 3. The number of hydrogen-bond donors (Lipinski definition) is 1. The minimum atomic E-state index is -4.59. The van der Waals surface area contributed by atoms with Crippen LogP contribution < -0.4 is 5.48 Å². The van der Waals surface area contributed by atoms with E-state index in [0.29, 0.717) is 4.68 Å². The van der Waals surface area contributed by atoms with Crippen LogP contribution in [-0.4, -0.2) is 16.0 Å². The smallest absolute Gasteiger partial charge is 0.234 e. The van der Waals surface area contributed by atoms with Crippen molar-refractivity contribution in [3.05, 3.63) is 10.2 Å². The number of aromatic nitrogens is 2. The quantitative estimate of drug-likeness (QED) is 0.688. The summed E-state index contributed by atoms with van der Waals surface area (Å²) in [7, 11) is 0. The summed E-state index contributed by atoms with van der Waals surface area (Å²) in [6.45, 7) is 0.810. The maximum atomic E-state index is 12.5. The molecule has 0 spiro atoms. The van der Waals surface area contributed by atoms with Crippen molar-refractivity contribution in [3.63, 3.8) is 0 Å². The summed E-state index contributed by atoms with van der Waals surface area (Å²) >= 11 is 2.79. The van der Waals surface area contributed by atoms with Gasteiger partial charge in [0.2, 0.25) is 0 Å². The molecular formula is C7H5BrF4N4O. The zero-order chi connectivity index (χ0) is 13.2. The minimum Gasteiger partial charge on any atom is -0.234 e. The average molecular weight is 317 g/mol. The Bertz CT molecular complexity index is 452. The number of hydrogen-bond acceptors (Lipinski definition) is 4. The molecule has 0 aliphatic rings. The van der Waals surface area contributed by atoms with Gasteiger partial charge < -0.3 is 0 Å². The third-order valence-electron chi connectivity index (χ3n) is 1.96. The third kappa shape index (κ3) is 2.67. The Morgan fingerprint density at radius 1 is 1.59 bits per heavy atom. The van der Waals surface area contributed by atoms with Crippen molar-refractivity contribution in [1.29, 1.82) is 5.26 Å². The van der Waals surface area contributed by atoms with Crippen LogP contribution in [0.2, 0.25) is 0 Å². The topological polar surface area (TPSA) is 62.9 Å². The first kappa shape index (κ1) is 13.7. The van der Waals surface area contributed by atoms with E-state index >= 15 is 0 Å². The predicted molar refractivity (Wildman–Crippen MR) is 51.2 cm³/mol. The molecule has 0 aliphatic carbocycles. The van der Waals surface area contributed by atoms with E-state index in [4.69, 9.17) is 5.26 Å². The lowest BCUT2D eigenvalue weighted by atomic mass is 10.3. The molecule has 0 bridgehead atoms.